The van der Waals surface area contributed by atoms with Gasteiger partial charge in [-0.1, -0.05) is 42.5 Å². The maximum atomic E-state index is 15.0. The Balaban J connectivity index is 1.38. The molecule has 2 heterocycles. The number of hydrogen-bond acceptors (Lipinski definition) is 6. The first-order valence-electron chi connectivity index (χ1n) is 12.9. The van der Waals surface area contributed by atoms with Crippen LogP contribution < -0.4 is 20.7 Å². The monoisotopic (exact) mass is 556 g/mol. The van der Waals surface area contributed by atoms with Crippen molar-refractivity contribution in [2.45, 2.75) is 25.4 Å². The standard InChI is InChI=1S/C30H26F2N6O3/c1-19-18-37-27(25(17-35-37)28(39)36-23-9-12-26(41-14-13-33)20(15-23)16-34)29(40)38(19)24-10-7-22(8-11-24)30(31,32)21-5-3-2-4-6-21/h2-12,15,17,19H,13-14,18,33H2,1H3,(H,36,39). The van der Waals surface area contributed by atoms with E-state index in [0.29, 0.717) is 23.7 Å². The fourth-order valence-corrected chi connectivity index (χ4v) is 4.77. The average Bonchev–Trinajstić information content (AvgIpc) is 3.41. The topological polar surface area (TPSA) is 126 Å². The number of fused-ring (bicyclic) bond motifs is 1. The number of nitriles is 1. The summed E-state index contributed by atoms with van der Waals surface area (Å²) in [5, 5.41) is 16.4. The molecule has 0 spiro atoms. The minimum atomic E-state index is -3.21. The first-order chi connectivity index (χ1) is 19.7. The number of nitrogens with one attached hydrogen (secondary N) is 1. The Morgan fingerprint density at radius 1 is 1.15 bits per heavy atom. The summed E-state index contributed by atoms with van der Waals surface area (Å²) in [6.45, 7) is 2.62. The van der Waals surface area contributed by atoms with Gasteiger partial charge in [-0.15, -0.1) is 0 Å². The fourth-order valence-electron chi connectivity index (χ4n) is 4.77. The van der Waals surface area contributed by atoms with Crippen molar-refractivity contribution in [2.24, 2.45) is 5.73 Å². The lowest BCUT2D eigenvalue weighted by Crippen LogP contribution is -2.47. The minimum absolute atomic E-state index is 0.0427. The van der Waals surface area contributed by atoms with E-state index in [9.17, 15) is 14.9 Å². The van der Waals surface area contributed by atoms with Crippen LogP contribution in [0.25, 0.3) is 0 Å². The zero-order valence-electron chi connectivity index (χ0n) is 22.1. The summed E-state index contributed by atoms with van der Waals surface area (Å²) >= 11 is 0. The molecule has 3 N–H and O–H groups in total. The van der Waals surface area contributed by atoms with E-state index in [2.05, 4.69) is 10.4 Å². The fraction of sp³-hybridized carbons (Fsp3) is 0.200. The Kier molecular flexibility index (Phi) is 7.50. The van der Waals surface area contributed by atoms with Crippen molar-refractivity contribution in [1.29, 1.82) is 5.26 Å². The van der Waals surface area contributed by atoms with Crippen LogP contribution in [0.15, 0.2) is 79.0 Å². The molecule has 1 aromatic heterocycles. The lowest BCUT2D eigenvalue weighted by molar-refractivity contribution is 0.0428. The van der Waals surface area contributed by atoms with Crippen molar-refractivity contribution in [3.8, 4) is 11.8 Å². The molecule has 1 unspecified atom stereocenters. The van der Waals surface area contributed by atoms with Crippen LogP contribution in [0.5, 0.6) is 5.75 Å². The quantitative estimate of drug-likeness (QED) is 0.328. The molecular formula is C30H26F2N6O3. The van der Waals surface area contributed by atoms with E-state index in [4.69, 9.17) is 10.5 Å². The largest absolute Gasteiger partial charge is 0.491 e. The van der Waals surface area contributed by atoms with Crippen LogP contribution in [-0.2, 0) is 12.5 Å². The normalized spacial score (nSPS) is 14.8. The number of carbonyl (C=O) groups excluding carboxylic acids is 2. The minimum Gasteiger partial charge on any atom is -0.491 e. The highest BCUT2D eigenvalue weighted by Crippen LogP contribution is 2.37. The van der Waals surface area contributed by atoms with Crippen molar-refractivity contribution in [2.75, 3.05) is 23.4 Å². The highest BCUT2D eigenvalue weighted by atomic mass is 19.3. The lowest BCUT2D eigenvalue weighted by Gasteiger charge is -2.34. The molecule has 2 amide bonds. The predicted molar refractivity (Wildman–Crippen MR) is 148 cm³/mol. The zero-order valence-corrected chi connectivity index (χ0v) is 22.1. The van der Waals surface area contributed by atoms with Crippen LogP contribution in [-0.4, -0.2) is 40.8 Å². The van der Waals surface area contributed by atoms with Crippen LogP contribution in [0.1, 0.15) is 44.5 Å². The first kappa shape index (κ1) is 27.5. The number of rotatable bonds is 8. The third-order valence-electron chi connectivity index (χ3n) is 6.76. The molecule has 5 rings (SSSR count). The van der Waals surface area contributed by atoms with Gasteiger partial charge in [-0.25, -0.2) is 0 Å². The van der Waals surface area contributed by atoms with Crippen molar-refractivity contribution >= 4 is 23.2 Å². The summed E-state index contributed by atoms with van der Waals surface area (Å²) in [6.07, 6.45) is 1.31. The molecule has 3 aromatic carbocycles. The molecule has 0 bridgehead atoms. The molecule has 208 valence electrons. The summed E-state index contributed by atoms with van der Waals surface area (Å²) in [5.74, 6) is -3.95. The second-order valence-electron chi connectivity index (χ2n) is 9.51. The van der Waals surface area contributed by atoms with Crippen molar-refractivity contribution in [3.05, 3.63) is 107 Å². The van der Waals surface area contributed by atoms with Crippen molar-refractivity contribution in [1.82, 2.24) is 9.78 Å². The van der Waals surface area contributed by atoms with E-state index in [1.807, 2.05) is 13.0 Å². The molecular weight excluding hydrogens is 530 g/mol. The van der Waals surface area contributed by atoms with Gasteiger partial charge in [0.2, 0.25) is 0 Å². The highest BCUT2D eigenvalue weighted by Gasteiger charge is 2.37. The molecule has 4 aromatic rings. The number of carbonyl (C=O) groups is 2. The second kappa shape index (κ2) is 11.2. The molecule has 1 aliphatic rings. The van der Waals surface area contributed by atoms with Gasteiger partial charge >= 0.3 is 0 Å². The van der Waals surface area contributed by atoms with Crippen molar-refractivity contribution < 1.29 is 23.1 Å². The Bertz CT molecular complexity index is 1630. The Hall–Kier alpha value is -5.08. The van der Waals surface area contributed by atoms with E-state index in [1.54, 1.807) is 30.3 Å². The van der Waals surface area contributed by atoms with Crippen LogP contribution in [0.3, 0.4) is 0 Å². The number of halogens is 2. The van der Waals surface area contributed by atoms with E-state index < -0.39 is 17.7 Å². The number of nitrogens with zero attached hydrogens (tertiary/aromatic N) is 4. The lowest BCUT2D eigenvalue weighted by atomic mass is 9.99. The molecule has 0 aliphatic carbocycles. The number of ether oxygens (including phenoxy) is 1. The molecule has 1 atom stereocenters. The molecule has 1 aliphatic heterocycles. The predicted octanol–water partition coefficient (Wildman–Crippen LogP) is 4.53. The van der Waals surface area contributed by atoms with E-state index in [1.165, 1.54) is 58.2 Å². The summed E-state index contributed by atoms with van der Waals surface area (Å²) in [6, 6.07) is 19.3. The molecule has 0 radical (unpaired) electrons. The number of benzene rings is 3. The van der Waals surface area contributed by atoms with Crippen LogP contribution >= 0.6 is 0 Å². The molecule has 0 saturated heterocycles. The van der Waals surface area contributed by atoms with Crippen LogP contribution in [0, 0.1) is 11.3 Å². The average molecular weight is 557 g/mol. The molecule has 0 saturated carbocycles. The van der Waals surface area contributed by atoms with Crippen LogP contribution in [0.4, 0.5) is 20.2 Å². The molecule has 41 heavy (non-hydrogen) atoms. The maximum Gasteiger partial charge on any atom is 0.298 e. The first-order valence-corrected chi connectivity index (χ1v) is 12.9. The van der Waals surface area contributed by atoms with E-state index in [0.717, 1.165) is 0 Å². The summed E-state index contributed by atoms with van der Waals surface area (Å²) in [7, 11) is 0. The molecule has 9 nitrogen and oxygen atoms in total. The van der Waals surface area contributed by atoms with Crippen LogP contribution in [0.2, 0.25) is 0 Å². The number of aromatic nitrogens is 2. The summed E-state index contributed by atoms with van der Waals surface area (Å²) in [5.41, 5.74) is 6.19. The number of alkyl halides is 2. The number of nitrogens with two attached hydrogens (primary N) is 1. The third-order valence-corrected chi connectivity index (χ3v) is 6.76. The smallest absolute Gasteiger partial charge is 0.298 e. The molecule has 0 fully saturated rings. The summed E-state index contributed by atoms with van der Waals surface area (Å²) in [4.78, 5) is 28.4. The third kappa shape index (κ3) is 5.25. The zero-order chi connectivity index (χ0) is 29.1. The number of anilines is 2. The van der Waals surface area contributed by atoms with Crippen molar-refractivity contribution in [3.63, 3.8) is 0 Å². The van der Waals surface area contributed by atoms with Gasteiger partial charge in [-0.2, -0.15) is 19.1 Å². The van der Waals surface area contributed by atoms with Gasteiger partial charge in [-0.3, -0.25) is 14.3 Å². The van der Waals surface area contributed by atoms with Gasteiger partial charge in [0.1, 0.15) is 24.1 Å². The van der Waals surface area contributed by atoms with Gasteiger partial charge in [0.05, 0.1) is 29.9 Å². The maximum absolute atomic E-state index is 15.0. The van der Waals surface area contributed by atoms with Gasteiger partial charge in [0.25, 0.3) is 17.7 Å². The Labute approximate surface area is 234 Å². The van der Waals surface area contributed by atoms with E-state index in [-0.39, 0.29) is 47.1 Å². The van der Waals surface area contributed by atoms with Gasteiger partial charge in [0, 0.05) is 29.0 Å². The Morgan fingerprint density at radius 3 is 2.54 bits per heavy atom. The summed E-state index contributed by atoms with van der Waals surface area (Å²) < 4.78 is 37.0. The second-order valence-corrected chi connectivity index (χ2v) is 9.51. The highest BCUT2D eigenvalue weighted by molar-refractivity contribution is 6.15. The van der Waals surface area contributed by atoms with Gasteiger partial charge in [-0.05, 0) is 37.3 Å². The SMILES string of the molecule is CC1Cn2ncc(C(=O)Nc3ccc(OCCN)c(C#N)c3)c2C(=O)N1c1ccc(C(F)(F)c2ccccc2)cc1. The van der Waals surface area contributed by atoms with E-state index >= 15 is 8.78 Å². The van der Waals surface area contributed by atoms with Gasteiger partial charge < -0.3 is 20.7 Å². The Morgan fingerprint density at radius 2 is 1.85 bits per heavy atom. The molecule has 11 heteroatoms. The number of amides is 2. The van der Waals surface area contributed by atoms with Gasteiger partial charge in [0.15, 0.2) is 0 Å². The number of hydrogen-bond donors (Lipinski definition) is 2.